The van der Waals surface area contributed by atoms with Crippen LogP contribution in [0.1, 0.15) is 103 Å². The number of nitrogens with zero attached hydrogens (tertiary/aromatic N) is 2. The van der Waals surface area contributed by atoms with Gasteiger partial charge in [-0.15, -0.1) is 0 Å². The van der Waals surface area contributed by atoms with Gasteiger partial charge in [-0.3, -0.25) is 0 Å². The van der Waals surface area contributed by atoms with Crippen molar-refractivity contribution in [1.29, 1.82) is 0 Å². The molecule has 0 aromatic heterocycles. The zero-order valence-corrected chi connectivity index (χ0v) is 19.7. The molecule has 0 aromatic rings. The summed E-state index contributed by atoms with van der Waals surface area (Å²) in [6.45, 7) is 5.57. The first-order chi connectivity index (χ1) is 14.9. The van der Waals surface area contributed by atoms with Gasteiger partial charge in [-0.1, -0.05) is 37.8 Å². The molecule has 4 fully saturated rings. The maximum atomic E-state index is 2.95. The predicted molar refractivity (Wildman–Crippen MR) is 128 cm³/mol. The molecule has 2 heteroatoms. The first-order valence-electron chi connectivity index (χ1n) is 14.0. The van der Waals surface area contributed by atoms with E-state index < -0.39 is 0 Å². The van der Waals surface area contributed by atoms with E-state index in [-0.39, 0.29) is 0 Å². The van der Waals surface area contributed by atoms with Gasteiger partial charge in [-0.05, 0) is 127 Å². The summed E-state index contributed by atoms with van der Waals surface area (Å²) < 4.78 is 0. The van der Waals surface area contributed by atoms with Crippen molar-refractivity contribution < 1.29 is 0 Å². The van der Waals surface area contributed by atoms with Gasteiger partial charge >= 0.3 is 0 Å². The van der Waals surface area contributed by atoms with Crippen molar-refractivity contribution in [1.82, 2.24) is 9.80 Å². The van der Waals surface area contributed by atoms with Crippen LogP contribution >= 0.6 is 0 Å². The Bertz CT molecular complexity index is 543. The maximum Gasteiger partial charge on any atom is 0.0108 e. The Morgan fingerprint density at radius 1 is 0.467 bits per heavy atom. The Hall–Kier alpha value is -0.340. The van der Waals surface area contributed by atoms with Crippen LogP contribution in [-0.2, 0) is 0 Å². The Morgan fingerprint density at radius 2 is 1.10 bits per heavy atom. The minimum Gasteiger partial charge on any atom is -0.300 e. The molecule has 0 spiro atoms. The van der Waals surface area contributed by atoms with E-state index in [1.54, 1.807) is 12.8 Å². The van der Waals surface area contributed by atoms with Gasteiger partial charge in [0.2, 0.25) is 0 Å². The van der Waals surface area contributed by atoms with Crippen molar-refractivity contribution in [2.75, 3.05) is 26.2 Å². The van der Waals surface area contributed by atoms with E-state index in [0.29, 0.717) is 0 Å². The largest absolute Gasteiger partial charge is 0.300 e. The number of allylic oxidation sites excluding steroid dienone is 2. The second kappa shape index (κ2) is 10.5. The smallest absolute Gasteiger partial charge is 0.0108 e. The second-order valence-corrected chi connectivity index (χ2v) is 11.6. The standard InChI is InChI=1S/C28H48N2/c1-2-8-23(7-1)25-11-5-19-29(21-17-25)27-12-6-20-30(22-18-27)28-15-13-26(14-16-28)24-9-3-4-10-24/h3,9,23-28H,1-2,4-8,10-22H2. The summed E-state index contributed by atoms with van der Waals surface area (Å²) in [5.74, 6) is 4.08. The van der Waals surface area contributed by atoms with E-state index in [1.165, 1.54) is 116 Å². The Labute approximate surface area is 186 Å². The fourth-order valence-electron chi connectivity index (χ4n) is 8.18. The van der Waals surface area contributed by atoms with Gasteiger partial charge in [0.15, 0.2) is 0 Å². The Morgan fingerprint density at radius 3 is 1.83 bits per heavy atom. The highest BCUT2D eigenvalue weighted by Gasteiger charge is 2.33. The van der Waals surface area contributed by atoms with Crippen molar-refractivity contribution in [3.63, 3.8) is 0 Å². The van der Waals surface area contributed by atoms with Crippen LogP contribution in [0.25, 0.3) is 0 Å². The van der Waals surface area contributed by atoms with Crippen molar-refractivity contribution in [3.05, 3.63) is 12.2 Å². The van der Waals surface area contributed by atoms with Crippen LogP contribution in [0.15, 0.2) is 12.2 Å². The third-order valence-electron chi connectivity index (χ3n) is 10.0. The lowest BCUT2D eigenvalue weighted by Gasteiger charge is -2.38. The summed E-state index contributed by atoms with van der Waals surface area (Å²) in [4.78, 5) is 5.88. The topological polar surface area (TPSA) is 6.48 Å². The molecule has 2 saturated carbocycles. The van der Waals surface area contributed by atoms with E-state index in [0.717, 1.165) is 35.8 Å². The van der Waals surface area contributed by atoms with Crippen LogP contribution in [0.3, 0.4) is 0 Å². The zero-order valence-electron chi connectivity index (χ0n) is 19.7. The lowest BCUT2D eigenvalue weighted by molar-refractivity contribution is 0.122. The minimum atomic E-state index is 0.886. The fraction of sp³-hybridized carbons (Fsp3) is 0.929. The van der Waals surface area contributed by atoms with Gasteiger partial charge in [0, 0.05) is 12.1 Å². The summed E-state index contributed by atoms with van der Waals surface area (Å²) in [5.41, 5.74) is 0. The summed E-state index contributed by atoms with van der Waals surface area (Å²) in [6, 6.07) is 1.79. The maximum absolute atomic E-state index is 2.95. The summed E-state index contributed by atoms with van der Waals surface area (Å²) in [7, 11) is 0. The average Bonchev–Trinajstić information content (AvgIpc) is 3.40. The first kappa shape index (κ1) is 21.5. The molecule has 2 heterocycles. The molecule has 5 aliphatic rings. The molecular formula is C28H48N2. The normalized spacial score (nSPS) is 40.5. The van der Waals surface area contributed by atoms with Gasteiger partial charge in [-0.2, -0.15) is 0 Å². The molecule has 0 aromatic carbocycles. The first-order valence-corrected chi connectivity index (χ1v) is 14.0. The fourth-order valence-corrected chi connectivity index (χ4v) is 8.18. The summed E-state index contributed by atoms with van der Waals surface area (Å²) in [5, 5.41) is 0. The van der Waals surface area contributed by atoms with E-state index >= 15 is 0 Å². The molecule has 3 aliphatic carbocycles. The summed E-state index contributed by atoms with van der Waals surface area (Å²) >= 11 is 0. The van der Waals surface area contributed by atoms with Gasteiger partial charge < -0.3 is 9.80 Å². The molecule has 2 aliphatic heterocycles. The quantitative estimate of drug-likeness (QED) is 0.476. The van der Waals surface area contributed by atoms with Crippen LogP contribution in [0.5, 0.6) is 0 Å². The molecule has 2 nitrogen and oxygen atoms in total. The molecule has 170 valence electrons. The third-order valence-corrected chi connectivity index (χ3v) is 10.0. The van der Waals surface area contributed by atoms with Crippen LogP contribution in [0.4, 0.5) is 0 Å². The molecule has 0 N–H and O–H groups in total. The van der Waals surface area contributed by atoms with Gasteiger partial charge in [0.1, 0.15) is 0 Å². The SMILES string of the molecule is C1=CC(C2CCC(N3CCCC(N4CCCC(C5CCCC5)CC4)CC3)CC2)CC1. The highest BCUT2D eigenvalue weighted by atomic mass is 15.2. The molecule has 0 bridgehead atoms. The van der Waals surface area contributed by atoms with Crippen molar-refractivity contribution in [2.24, 2.45) is 23.7 Å². The molecular weight excluding hydrogens is 364 g/mol. The van der Waals surface area contributed by atoms with Crippen LogP contribution in [0.2, 0.25) is 0 Å². The molecule has 0 amide bonds. The molecule has 2 saturated heterocycles. The Balaban J connectivity index is 1.08. The van der Waals surface area contributed by atoms with Gasteiger partial charge in [-0.25, -0.2) is 0 Å². The number of rotatable bonds is 4. The molecule has 30 heavy (non-hydrogen) atoms. The van der Waals surface area contributed by atoms with Crippen LogP contribution in [-0.4, -0.2) is 48.1 Å². The minimum absolute atomic E-state index is 0.886. The van der Waals surface area contributed by atoms with Crippen molar-refractivity contribution >= 4 is 0 Å². The van der Waals surface area contributed by atoms with Crippen molar-refractivity contribution in [2.45, 2.75) is 115 Å². The lowest BCUT2D eigenvalue weighted by Crippen LogP contribution is -2.41. The third kappa shape index (κ3) is 5.17. The van der Waals surface area contributed by atoms with Gasteiger partial charge in [0.25, 0.3) is 0 Å². The van der Waals surface area contributed by atoms with E-state index in [4.69, 9.17) is 0 Å². The average molecular weight is 413 g/mol. The van der Waals surface area contributed by atoms with Gasteiger partial charge in [0.05, 0.1) is 0 Å². The highest BCUT2D eigenvalue weighted by Crippen LogP contribution is 2.39. The van der Waals surface area contributed by atoms with E-state index in [9.17, 15) is 0 Å². The van der Waals surface area contributed by atoms with E-state index in [1.807, 2.05) is 0 Å². The molecule has 3 unspecified atom stereocenters. The molecule has 3 atom stereocenters. The highest BCUT2D eigenvalue weighted by molar-refractivity contribution is 5.00. The summed E-state index contributed by atoms with van der Waals surface area (Å²) in [6.07, 6.45) is 28.7. The number of hydrogen-bond acceptors (Lipinski definition) is 2. The monoisotopic (exact) mass is 412 g/mol. The molecule has 0 radical (unpaired) electrons. The number of hydrogen-bond donors (Lipinski definition) is 0. The second-order valence-electron chi connectivity index (χ2n) is 11.6. The van der Waals surface area contributed by atoms with Crippen LogP contribution in [0, 0.1) is 23.7 Å². The predicted octanol–water partition coefficient (Wildman–Crippen LogP) is 6.66. The molecule has 5 rings (SSSR count). The van der Waals surface area contributed by atoms with E-state index in [2.05, 4.69) is 22.0 Å². The Kier molecular flexibility index (Phi) is 7.54. The number of likely N-dealkylation sites (tertiary alicyclic amines) is 2. The zero-order chi connectivity index (χ0) is 20.2. The lowest BCUT2D eigenvalue weighted by atomic mass is 9.77. The van der Waals surface area contributed by atoms with Crippen molar-refractivity contribution in [3.8, 4) is 0 Å². The van der Waals surface area contributed by atoms with Crippen LogP contribution < -0.4 is 0 Å².